The van der Waals surface area contributed by atoms with Crippen molar-refractivity contribution >= 4 is 23.2 Å². The van der Waals surface area contributed by atoms with E-state index >= 15 is 0 Å². The van der Waals surface area contributed by atoms with E-state index in [9.17, 15) is 9.90 Å². The van der Waals surface area contributed by atoms with Gasteiger partial charge in [0.2, 0.25) is 5.91 Å². The van der Waals surface area contributed by atoms with Gasteiger partial charge in [-0.25, -0.2) is 9.97 Å². The van der Waals surface area contributed by atoms with Crippen LogP contribution in [0.3, 0.4) is 0 Å². The van der Waals surface area contributed by atoms with Crippen LogP contribution < -0.4 is 15.5 Å². The topological polar surface area (TPSA) is 90.4 Å². The van der Waals surface area contributed by atoms with Crippen molar-refractivity contribution in [3.63, 3.8) is 0 Å². The number of carbonyl (C=O) groups is 1. The van der Waals surface area contributed by atoms with Gasteiger partial charge >= 0.3 is 0 Å². The fourth-order valence-electron chi connectivity index (χ4n) is 3.57. The van der Waals surface area contributed by atoms with Gasteiger partial charge in [-0.2, -0.15) is 0 Å². The number of hydrogen-bond donors (Lipinski definition) is 3. The van der Waals surface area contributed by atoms with Gasteiger partial charge in [0.1, 0.15) is 18.0 Å². The molecule has 1 aliphatic heterocycles. The largest absolute Gasteiger partial charge is 0.396 e. The lowest BCUT2D eigenvalue weighted by Gasteiger charge is -2.32. The number of anilines is 3. The molecule has 0 bridgehead atoms. The molecule has 156 valence electrons. The molecule has 1 atom stereocenters. The van der Waals surface area contributed by atoms with E-state index in [1.165, 1.54) is 0 Å². The Kier molecular flexibility index (Phi) is 7.41. The van der Waals surface area contributed by atoms with Gasteiger partial charge in [0.15, 0.2) is 0 Å². The molecule has 0 saturated carbocycles. The molecule has 0 aliphatic carbocycles. The Balaban J connectivity index is 1.59. The van der Waals surface area contributed by atoms with E-state index in [4.69, 9.17) is 0 Å². The Morgan fingerprint density at radius 3 is 2.97 bits per heavy atom. The van der Waals surface area contributed by atoms with Crippen molar-refractivity contribution in [1.82, 2.24) is 9.97 Å². The molecule has 7 nitrogen and oxygen atoms in total. The van der Waals surface area contributed by atoms with Crippen LogP contribution >= 0.6 is 0 Å². The summed E-state index contributed by atoms with van der Waals surface area (Å²) in [7, 11) is 0. The van der Waals surface area contributed by atoms with Crippen molar-refractivity contribution in [1.29, 1.82) is 0 Å². The lowest BCUT2D eigenvalue weighted by Crippen LogP contribution is -2.37. The Labute approximate surface area is 172 Å². The summed E-state index contributed by atoms with van der Waals surface area (Å²) in [6.45, 7) is 6.66. The number of amides is 1. The van der Waals surface area contributed by atoms with Gasteiger partial charge in [-0.15, -0.1) is 0 Å². The van der Waals surface area contributed by atoms with Crippen molar-refractivity contribution in [2.75, 3.05) is 35.2 Å². The highest BCUT2D eigenvalue weighted by Crippen LogP contribution is 2.23. The number of nitrogens with one attached hydrogen (secondary N) is 2. The van der Waals surface area contributed by atoms with Crippen LogP contribution in [0.25, 0.3) is 0 Å². The second-order valence-electron chi connectivity index (χ2n) is 8.10. The maximum absolute atomic E-state index is 12.0. The summed E-state index contributed by atoms with van der Waals surface area (Å²) in [6.07, 6.45) is 4.21. The van der Waals surface area contributed by atoms with Crippen LogP contribution in [-0.4, -0.2) is 40.7 Å². The van der Waals surface area contributed by atoms with Gasteiger partial charge in [0.25, 0.3) is 0 Å². The molecule has 0 spiro atoms. The minimum atomic E-state index is 0.0354. The summed E-state index contributed by atoms with van der Waals surface area (Å²) in [5.74, 6) is 2.32. The van der Waals surface area contributed by atoms with E-state index in [-0.39, 0.29) is 12.5 Å². The average molecular weight is 398 g/mol. The van der Waals surface area contributed by atoms with Crippen molar-refractivity contribution in [2.24, 2.45) is 11.8 Å². The van der Waals surface area contributed by atoms with Crippen molar-refractivity contribution in [2.45, 2.75) is 39.7 Å². The Hall–Kier alpha value is -2.67. The molecular formula is C22H31N5O2. The van der Waals surface area contributed by atoms with Gasteiger partial charge in [-0.05, 0) is 42.4 Å². The molecule has 1 aromatic carbocycles. The van der Waals surface area contributed by atoms with E-state index in [0.717, 1.165) is 48.8 Å². The molecule has 1 saturated heterocycles. The highest BCUT2D eigenvalue weighted by molar-refractivity contribution is 5.90. The zero-order chi connectivity index (χ0) is 20.6. The molecule has 2 aromatic rings. The summed E-state index contributed by atoms with van der Waals surface area (Å²) >= 11 is 0. The third kappa shape index (κ3) is 6.42. The number of aliphatic hydroxyl groups is 1. The normalized spacial score (nSPS) is 16.7. The van der Waals surface area contributed by atoms with Crippen molar-refractivity contribution in [3.8, 4) is 0 Å². The number of aliphatic hydroxyl groups excluding tert-OH is 1. The molecule has 3 N–H and O–H groups in total. The first-order valence-electron chi connectivity index (χ1n) is 10.3. The van der Waals surface area contributed by atoms with E-state index in [2.05, 4.69) is 25.5 Å². The minimum absolute atomic E-state index is 0.0354. The fourth-order valence-corrected chi connectivity index (χ4v) is 3.57. The van der Waals surface area contributed by atoms with E-state index in [1.54, 1.807) is 6.33 Å². The third-order valence-electron chi connectivity index (χ3n) is 5.03. The van der Waals surface area contributed by atoms with Crippen LogP contribution in [0.1, 0.15) is 38.7 Å². The van der Waals surface area contributed by atoms with Gasteiger partial charge in [-0.1, -0.05) is 26.0 Å². The molecule has 0 radical (unpaired) electrons. The lowest BCUT2D eigenvalue weighted by atomic mass is 9.99. The van der Waals surface area contributed by atoms with Crippen molar-refractivity contribution in [3.05, 3.63) is 42.2 Å². The molecule has 1 fully saturated rings. The Bertz CT molecular complexity index is 811. The molecule has 1 unspecified atom stereocenters. The fraction of sp³-hybridized carbons (Fsp3) is 0.500. The molecule has 1 amide bonds. The number of piperidine rings is 1. The summed E-state index contributed by atoms with van der Waals surface area (Å²) in [5, 5.41) is 15.7. The zero-order valence-electron chi connectivity index (χ0n) is 17.3. The first kappa shape index (κ1) is 21.0. The van der Waals surface area contributed by atoms with Crippen LogP contribution in [0.2, 0.25) is 0 Å². The first-order chi connectivity index (χ1) is 14.0. The SMILES string of the molecule is CC(C)CC(=O)Nc1cccc(CNc2cc(N3CCCC(CO)C3)ncn2)c1. The van der Waals surface area contributed by atoms with E-state index < -0.39 is 0 Å². The summed E-state index contributed by atoms with van der Waals surface area (Å²) in [5.41, 5.74) is 1.87. The monoisotopic (exact) mass is 397 g/mol. The number of carbonyl (C=O) groups excluding carboxylic acids is 1. The van der Waals surface area contributed by atoms with Crippen LogP contribution in [0.4, 0.5) is 17.3 Å². The van der Waals surface area contributed by atoms with Gasteiger partial charge in [-0.3, -0.25) is 4.79 Å². The second kappa shape index (κ2) is 10.2. The minimum Gasteiger partial charge on any atom is -0.396 e. The molecule has 29 heavy (non-hydrogen) atoms. The number of aromatic nitrogens is 2. The van der Waals surface area contributed by atoms with Gasteiger partial charge in [0.05, 0.1) is 0 Å². The predicted molar refractivity (Wildman–Crippen MR) is 116 cm³/mol. The summed E-state index contributed by atoms with van der Waals surface area (Å²) in [6, 6.07) is 9.79. The lowest BCUT2D eigenvalue weighted by molar-refractivity contribution is -0.116. The molecule has 3 rings (SSSR count). The van der Waals surface area contributed by atoms with E-state index in [1.807, 2.05) is 44.2 Å². The molecule has 1 aliphatic rings. The summed E-state index contributed by atoms with van der Waals surface area (Å²) < 4.78 is 0. The molecule has 2 heterocycles. The molecular weight excluding hydrogens is 366 g/mol. The van der Waals surface area contributed by atoms with Gasteiger partial charge in [0, 0.05) is 44.4 Å². The maximum atomic E-state index is 12.0. The highest BCUT2D eigenvalue weighted by Gasteiger charge is 2.20. The smallest absolute Gasteiger partial charge is 0.224 e. The van der Waals surface area contributed by atoms with Gasteiger partial charge < -0.3 is 20.6 Å². The Morgan fingerprint density at radius 1 is 1.31 bits per heavy atom. The molecule has 7 heteroatoms. The Morgan fingerprint density at radius 2 is 2.17 bits per heavy atom. The average Bonchev–Trinajstić information content (AvgIpc) is 2.72. The number of benzene rings is 1. The quantitative estimate of drug-likeness (QED) is 0.633. The second-order valence-corrected chi connectivity index (χ2v) is 8.10. The van der Waals surface area contributed by atoms with E-state index in [0.29, 0.717) is 24.8 Å². The maximum Gasteiger partial charge on any atom is 0.224 e. The van der Waals surface area contributed by atoms with Crippen LogP contribution in [0.5, 0.6) is 0 Å². The number of nitrogens with zero attached hydrogens (tertiary/aromatic N) is 3. The standard InChI is InChI=1S/C22H31N5O2/c1-16(2)9-22(29)26-19-7-3-5-17(10-19)12-23-20-11-21(25-15-24-20)27-8-4-6-18(13-27)14-28/h3,5,7,10-11,15-16,18,28H,4,6,8-9,12-14H2,1-2H3,(H,26,29)(H,23,24,25). The van der Waals surface area contributed by atoms with Crippen molar-refractivity contribution < 1.29 is 9.90 Å². The number of rotatable bonds is 8. The first-order valence-corrected chi connectivity index (χ1v) is 10.3. The van der Waals surface area contributed by atoms with Crippen LogP contribution in [-0.2, 0) is 11.3 Å². The summed E-state index contributed by atoms with van der Waals surface area (Å²) in [4.78, 5) is 22.9. The third-order valence-corrected chi connectivity index (χ3v) is 5.03. The number of hydrogen-bond acceptors (Lipinski definition) is 6. The highest BCUT2D eigenvalue weighted by atomic mass is 16.3. The zero-order valence-corrected chi connectivity index (χ0v) is 17.3. The molecule has 1 aromatic heterocycles. The van der Waals surface area contributed by atoms with Crippen LogP contribution in [0, 0.1) is 11.8 Å². The van der Waals surface area contributed by atoms with Crippen LogP contribution in [0.15, 0.2) is 36.7 Å². The predicted octanol–water partition coefficient (Wildman–Crippen LogP) is 3.28.